The van der Waals surface area contributed by atoms with E-state index in [9.17, 15) is 14.7 Å². The lowest BCUT2D eigenvalue weighted by Gasteiger charge is -2.43. The van der Waals surface area contributed by atoms with Crippen LogP contribution in [0.4, 0.5) is 10.6 Å². The fourth-order valence-corrected chi connectivity index (χ4v) is 7.69. The van der Waals surface area contributed by atoms with Crippen LogP contribution in [0, 0.1) is 12.3 Å². The minimum Gasteiger partial charge on any atom is -0.482 e. The highest BCUT2D eigenvalue weighted by molar-refractivity contribution is 7.99. The zero-order valence-corrected chi connectivity index (χ0v) is 30.2. The second kappa shape index (κ2) is 14.3. The van der Waals surface area contributed by atoms with Gasteiger partial charge in [0, 0.05) is 41.4 Å². The molecule has 15 heteroatoms. The summed E-state index contributed by atoms with van der Waals surface area (Å²) in [5.74, 6) is 0.00716. The third-order valence-corrected chi connectivity index (χ3v) is 10.6. The van der Waals surface area contributed by atoms with Crippen LogP contribution in [-0.4, -0.2) is 85.7 Å². The molecule has 13 nitrogen and oxygen atoms in total. The molecule has 0 radical (unpaired) electrons. The van der Waals surface area contributed by atoms with Crippen molar-refractivity contribution >= 4 is 46.9 Å². The maximum absolute atomic E-state index is 12.7. The molecule has 1 amide bonds. The number of aliphatic hydroxyl groups is 1. The van der Waals surface area contributed by atoms with E-state index in [-0.39, 0.29) is 24.2 Å². The number of amides is 1. The smallest absolute Gasteiger partial charge is 0.407 e. The Labute approximate surface area is 299 Å². The summed E-state index contributed by atoms with van der Waals surface area (Å²) in [6.07, 6.45) is 4.64. The Morgan fingerprint density at radius 1 is 1.18 bits per heavy atom. The molecule has 1 spiro atoms. The van der Waals surface area contributed by atoms with Crippen LogP contribution in [0.1, 0.15) is 51.9 Å². The summed E-state index contributed by atoms with van der Waals surface area (Å²) >= 11 is 8.24. The third-order valence-electron chi connectivity index (χ3n) is 8.95. The lowest BCUT2D eigenvalue weighted by molar-refractivity contribution is -0.139. The first-order valence-electron chi connectivity index (χ1n) is 16.4. The van der Waals surface area contributed by atoms with E-state index < -0.39 is 24.3 Å². The Morgan fingerprint density at radius 2 is 1.94 bits per heavy atom. The highest BCUT2D eigenvalue weighted by Crippen LogP contribution is 2.44. The van der Waals surface area contributed by atoms with Crippen LogP contribution in [0.2, 0.25) is 5.02 Å². The number of ether oxygens (including phenoxy) is 3. The number of imidazole rings is 1. The van der Waals surface area contributed by atoms with Crippen molar-refractivity contribution in [1.29, 1.82) is 0 Å². The summed E-state index contributed by atoms with van der Waals surface area (Å²) < 4.78 is 18.7. The molecule has 50 heavy (non-hydrogen) atoms. The SMILES string of the molecule is Cc1nc(N2CCC3(CC2)CO[C@@H](C)[C@H]3NC(=O)OC(C)(C)C)c(CO)nc1Sc1ccn2cc(-c3cccc(OCC(=O)O)c3)nc2c1Cl. The van der Waals surface area contributed by atoms with E-state index in [1.54, 1.807) is 18.2 Å². The van der Waals surface area contributed by atoms with Crippen molar-refractivity contribution in [2.75, 3.05) is 31.2 Å². The van der Waals surface area contributed by atoms with Gasteiger partial charge in [-0.25, -0.2) is 24.5 Å². The van der Waals surface area contributed by atoms with Crippen LogP contribution >= 0.6 is 23.4 Å². The zero-order chi connectivity index (χ0) is 35.8. The standard InChI is InChI=1S/C35H41ClN6O7S/c1-20-32(50-26-9-12-42-16-24(38-31(42)28(26)36)22-7-6-8-23(15-22)47-18-27(44)45)39-25(17-43)30(37-20)41-13-10-35(11-14-41)19-48-21(2)29(35)40-33(46)49-34(3,4)5/h6-9,12,15-16,21,29,43H,10-11,13-14,17-19H2,1-5H3,(H,40,46)(H,44,45)/t21-,29+/m0/s1. The van der Waals surface area contributed by atoms with Gasteiger partial charge in [0.15, 0.2) is 18.1 Å². The van der Waals surface area contributed by atoms with Gasteiger partial charge in [0.2, 0.25) is 0 Å². The average molecular weight is 725 g/mol. The van der Waals surface area contributed by atoms with Crippen molar-refractivity contribution in [2.24, 2.45) is 5.41 Å². The molecular formula is C35H41ClN6O7S. The van der Waals surface area contributed by atoms with E-state index in [1.165, 1.54) is 11.8 Å². The third kappa shape index (κ3) is 7.63. The number of rotatable bonds is 9. The number of hydrogen-bond donors (Lipinski definition) is 3. The minimum atomic E-state index is -1.06. The predicted molar refractivity (Wildman–Crippen MR) is 188 cm³/mol. The van der Waals surface area contributed by atoms with E-state index in [0.29, 0.717) is 64.0 Å². The number of carbonyl (C=O) groups is 2. The summed E-state index contributed by atoms with van der Waals surface area (Å²) in [5, 5.41) is 23.5. The summed E-state index contributed by atoms with van der Waals surface area (Å²) in [6, 6.07) is 8.75. The number of benzene rings is 1. The Bertz CT molecular complexity index is 1910. The maximum atomic E-state index is 12.7. The normalized spacial score (nSPS) is 18.8. The number of carboxylic acids is 1. The van der Waals surface area contributed by atoms with Gasteiger partial charge in [-0.3, -0.25) is 0 Å². The molecule has 2 aliphatic heterocycles. The number of alkyl carbamates (subject to hydrolysis) is 1. The first kappa shape index (κ1) is 35.7. The lowest BCUT2D eigenvalue weighted by atomic mass is 9.73. The highest BCUT2D eigenvalue weighted by atomic mass is 35.5. The maximum Gasteiger partial charge on any atom is 0.407 e. The molecule has 3 aromatic heterocycles. The van der Waals surface area contributed by atoms with Crippen molar-refractivity contribution in [1.82, 2.24) is 24.7 Å². The van der Waals surface area contributed by atoms with E-state index in [2.05, 4.69) is 10.2 Å². The molecule has 3 N–H and O–H groups in total. The Balaban J connectivity index is 1.17. The lowest BCUT2D eigenvalue weighted by Crippen LogP contribution is -2.55. The summed E-state index contributed by atoms with van der Waals surface area (Å²) in [7, 11) is 0. The largest absolute Gasteiger partial charge is 0.482 e. The number of aliphatic carboxylic acids is 1. The number of pyridine rings is 1. The van der Waals surface area contributed by atoms with Crippen molar-refractivity contribution in [3.63, 3.8) is 0 Å². The molecule has 0 saturated carbocycles. The number of anilines is 1. The van der Waals surface area contributed by atoms with Gasteiger partial charge in [-0.1, -0.05) is 35.5 Å². The van der Waals surface area contributed by atoms with E-state index in [0.717, 1.165) is 23.3 Å². The molecule has 4 aromatic rings. The molecule has 6 rings (SSSR count). The van der Waals surface area contributed by atoms with E-state index >= 15 is 0 Å². The number of aromatic nitrogens is 4. The monoisotopic (exact) mass is 724 g/mol. The predicted octanol–water partition coefficient (Wildman–Crippen LogP) is 5.76. The Hall–Kier alpha value is -4.11. The van der Waals surface area contributed by atoms with Crippen LogP contribution in [0.25, 0.3) is 16.9 Å². The van der Waals surface area contributed by atoms with Crippen molar-refractivity contribution in [3.05, 3.63) is 59.1 Å². The number of piperidine rings is 1. The Morgan fingerprint density at radius 3 is 2.64 bits per heavy atom. The van der Waals surface area contributed by atoms with E-state index in [4.69, 9.17) is 45.9 Å². The number of aryl methyl sites for hydroxylation is 1. The fraction of sp³-hybridized carbons (Fsp3) is 0.457. The van der Waals surface area contributed by atoms with Crippen LogP contribution in [0.15, 0.2) is 52.6 Å². The molecule has 1 aromatic carbocycles. The second-order valence-electron chi connectivity index (χ2n) is 13.7. The van der Waals surface area contributed by atoms with Crippen LogP contribution in [0.5, 0.6) is 5.75 Å². The van der Waals surface area contributed by atoms with Gasteiger partial charge < -0.3 is 39.0 Å². The second-order valence-corrected chi connectivity index (χ2v) is 15.1. The highest BCUT2D eigenvalue weighted by Gasteiger charge is 2.50. The van der Waals surface area contributed by atoms with Gasteiger partial charge in [-0.2, -0.15) is 0 Å². The first-order chi connectivity index (χ1) is 23.7. The molecule has 2 saturated heterocycles. The van der Waals surface area contributed by atoms with Crippen molar-refractivity contribution in [3.8, 4) is 17.0 Å². The molecule has 2 atom stereocenters. The van der Waals surface area contributed by atoms with Gasteiger partial charge in [-0.05, 0) is 65.7 Å². The molecule has 0 bridgehead atoms. The molecular weight excluding hydrogens is 684 g/mol. The van der Waals surface area contributed by atoms with E-state index in [1.807, 2.05) is 63.5 Å². The van der Waals surface area contributed by atoms with Crippen molar-refractivity contribution < 1.29 is 34.0 Å². The van der Waals surface area contributed by atoms with Crippen LogP contribution in [-0.2, 0) is 20.9 Å². The number of halogens is 1. The number of nitrogens with zero attached hydrogens (tertiary/aromatic N) is 5. The molecule has 266 valence electrons. The van der Waals surface area contributed by atoms with Gasteiger partial charge >= 0.3 is 12.1 Å². The topological polar surface area (TPSA) is 161 Å². The molecule has 2 fully saturated rings. The van der Waals surface area contributed by atoms with Crippen molar-refractivity contribution in [2.45, 2.75) is 81.7 Å². The number of nitrogens with one attached hydrogen (secondary N) is 1. The zero-order valence-electron chi connectivity index (χ0n) is 28.6. The summed E-state index contributed by atoms with van der Waals surface area (Å²) in [5.41, 5.74) is 2.28. The van der Waals surface area contributed by atoms with Gasteiger partial charge in [0.25, 0.3) is 0 Å². The number of aliphatic hydroxyl groups excluding tert-OH is 1. The molecule has 2 aliphatic rings. The number of fused-ring (bicyclic) bond motifs is 1. The minimum absolute atomic E-state index is 0.142. The average Bonchev–Trinajstić information content (AvgIpc) is 3.64. The van der Waals surface area contributed by atoms with Crippen LogP contribution < -0.4 is 15.0 Å². The molecule has 0 unspecified atom stereocenters. The summed E-state index contributed by atoms with van der Waals surface area (Å²) in [4.78, 5) is 41.0. The molecule has 5 heterocycles. The fourth-order valence-electron chi connectivity index (χ4n) is 6.50. The quantitative estimate of drug-likeness (QED) is 0.192. The number of carbonyl (C=O) groups excluding carboxylic acids is 1. The number of carboxylic acid groups (broad SMARTS) is 1. The molecule has 0 aliphatic carbocycles. The Kier molecular flexibility index (Phi) is 10.2. The van der Waals surface area contributed by atoms with Gasteiger partial charge in [0.1, 0.15) is 22.1 Å². The first-order valence-corrected chi connectivity index (χ1v) is 17.6. The van der Waals surface area contributed by atoms with Gasteiger partial charge in [-0.15, -0.1) is 0 Å². The van der Waals surface area contributed by atoms with Crippen LogP contribution in [0.3, 0.4) is 0 Å². The summed E-state index contributed by atoms with van der Waals surface area (Å²) in [6.45, 7) is 10.5. The number of hydrogen-bond acceptors (Lipinski definition) is 11. The van der Waals surface area contributed by atoms with Gasteiger partial charge in [0.05, 0.1) is 41.8 Å².